The van der Waals surface area contributed by atoms with Crippen molar-refractivity contribution in [1.29, 1.82) is 5.26 Å². The molecule has 0 saturated heterocycles. The van der Waals surface area contributed by atoms with Gasteiger partial charge in [-0.15, -0.1) is 0 Å². The number of rotatable bonds is 7. The van der Waals surface area contributed by atoms with Gasteiger partial charge in [0.1, 0.15) is 28.9 Å². The van der Waals surface area contributed by atoms with Crippen molar-refractivity contribution in [2.45, 2.75) is 39.7 Å². The highest BCUT2D eigenvalue weighted by molar-refractivity contribution is 5.85. The van der Waals surface area contributed by atoms with Crippen molar-refractivity contribution in [2.75, 3.05) is 0 Å². The Morgan fingerprint density at radius 1 is 0.912 bits per heavy atom. The molecule has 1 heterocycles. The molecule has 0 saturated carbocycles. The molecule has 2 unspecified atom stereocenters. The molecule has 0 fully saturated rings. The molecule has 34 heavy (non-hydrogen) atoms. The number of aryl methyl sites for hydroxylation is 2. The number of nitriles is 1. The van der Waals surface area contributed by atoms with E-state index in [2.05, 4.69) is 6.07 Å². The first-order valence-electron chi connectivity index (χ1n) is 11.3. The van der Waals surface area contributed by atoms with Crippen LogP contribution >= 0.6 is 0 Å². The van der Waals surface area contributed by atoms with E-state index in [1.807, 2.05) is 76.2 Å². The highest BCUT2D eigenvalue weighted by atomic mass is 16.5. The third kappa shape index (κ3) is 4.82. The topological polar surface area (TPSA) is 72.5 Å². The molecule has 0 aliphatic rings. The predicted molar refractivity (Wildman–Crippen MR) is 131 cm³/mol. The number of nitrogens with zero attached hydrogens (tertiary/aromatic N) is 1. The van der Waals surface area contributed by atoms with Crippen LogP contribution in [0.1, 0.15) is 48.3 Å². The van der Waals surface area contributed by atoms with Crippen LogP contribution < -0.4 is 4.74 Å². The SMILES string of the molecule is Cc1oc2cc(C(C(=O)OC(C#N)c3cccc(Oc4ccccc4)c3)C(C)C)ccc2c1C. The fourth-order valence-corrected chi connectivity index (χ4v) is 4.08. The Morgan fingerprint density at radius 3 is 2.35 bits per heavy atom. The monoisotopic (exact) mass is 453 g/mol. The number of furan rings is 1. The molecule has 1 aromatic heterocycles. The molecular formula is C29H27NO4. The van der Waals surface area contributed by atoms with Crippen LogP contribution in [0.25, 0.3) is 11.0 Å². The zero-order chi connectivity index (χ0) is 24.2. The molecule has 5 heteroatoms. The van der Waals surface area contributed by atoms with Crippen LogP contribution in [-0.2, 0) is 9.53 Å². The average Bonchev–Trinajstić information content (AvgIpc) is 3.11. The molecule has 0 N–H and O–H groups in total. The lowest BCUT2D eigenvalue weighted by Crippen LogP contribution is -2.22. The number of benzene rings is 3. The van der Waals surface area contributed by atoms with Crippen molar-refractivity contribution in [3.63, 3.8) is 0 Å². The molecule has 5 nitrogen and oxygen atoms in total. The van der Waals surface area contributed by atoms with Crippen LogP contribution in [0.3, 0.4) is 0 Å². The molecule has 3 aromatic carbocycles. The standard InChI is InChI=1S/C29H27NO4/c1-18(2)28(22-13-14-25-19(3)20(4)32-26(25)16-22)29(31)34-27(17-30)21-9-8-12-24(15-21)33-23-10-6-5-7-11-23/h5-16,18,27-28H,1-4H3. The molecule has 4 aromatic rings. The van der Waals surface area contributed by atoms with E-state index in [1.54, 1.807) is 24.3 Å². The first-order valence-corrected chi connectivity index (χ1v) is 11.3. The fraction of sp³-hybridized carbons (Fsp3) is 0.241. The minimum Gasteiger partial charge on any atom is -0.461 e. The Morgan fingerprint density at radius 2 is 1.65 bits per heavy atom. The second kappa shape index (κ2) is 9.84. The van der Waals surface area contributed by atoms with Crippen molar-refractivity contribution < 1.29 is 18.7 Å². The predicted octanol–water partition coefficient (Wildman–Crippen LogP) is 7.39. The van der Waals surface area contributed by atoms with Crippen molar-refractivity contribution in [2.24, 2.45) is 5.92 Å². The zero-order valence-corrected chi connectivity index (χ0v) is 19.7. The minimum atomic E-state index is -1.05. The van der Waals surface area contributed by atoms with Gasteiger partial charge in [0.15, 0.2) is 0 Å². The number of para-hydroxylation sites is 1. The molecule has 0 bridgehead atoms. The summed E-state index contributed by atoms with van der Waals surface area (Å²) in [5.74, 6) is 1.09. The Balaban J connectivity index is 1.57. The van der Waals surface area contributed by atoms with Gasteiger partial charge in [0, 0.05) is 10.9 Å². The number of hydrogen-bond acceptors (Lipinski definition) is 5. The Kier molecular flexibility index (Phi) is 6.70. The summed E-state index contributed by atoms with van der Waals surface area (Å²) in [7, 11) is 0. The van der Waals surface area contributed by atoms with Crippen LogP contribution in [0.5, 0.6) is 11.5 Å². The van der Waals surface area contributed by atoms with Gasteiger partial charge < -0.3 is 13.9 Å². The number of fused-ring (bicyclic) bond motifs is 1. The van der Waals surface area contributed by atoms with E-state index in [1.165, 1.54) is 0 Å². The summed E-state index contributed by atoms with van der Waals surface area (Å²) < 4.78 is 17.5. The Labute approximate surface area is 199 Å². The van der Waals surface area contributed by atoms with Crippen LogP contribution in [0, 0.1) is 31.1 Å². The van der Waals surface area contributed by atoms with Crippen LogP contribution in [0.4, 0.5) is 0 Å². The largest absolute Gasteiger partial charge is 0.461 e. The molecule has 0 aliphatic heterocycles. The fourth-order valence-electron chi connectivity index (χ4n) is 4.08. The van der Waals surface area contributed by atoms with E-state index in [9.17, 15) is 10.1 Å². The Hall–Kier alpha value is -4.04. The molecule has 0 radical (unpaired) electrons. The molecule has 0 amide bonds. The third-order valence-electron chi connectivity index (χ3n) is 5.97. The molecule has 172 valence electrons. The normalized spacial score (nSPS) is 12.8. The number of ether oxygens (including phenoxy) is 2. The summed E-state index contributed by atoms with van der Waals surface area (Å²) in [6, 6.07) is 24.3. The highest BCUT2D eigenvalue weighted by Gasteiger charge is 2.29. The molecule has 4 rings (SSSR count). The lowest BCUT2D eigenvalue weighted by molar-refractivity contribution is -0.150. The third-order valence-corrected chi connectivity index (χ3v) is 5.97. The van der Waals surface area contributed by atoms with Crippen molar-refractivity contribution in [3.05, 3.63) is 95.2 Å². The van der Waals surface area contributed by atoms with Gasteiger partial charge in [-0.1, -0.05) is 56.3 Å². The van der Waals surface area contributed by atoms with Gasteiger partial charge in [-0.2, -0.15) is 5.26 Å². The molecular weight excluding hydrogens is 426 g/mol. The van der Waals surface area contributed by atoms with Crippen LogP contribution in [0.15, 0.2) is 77.2 Å². The number of hydrogen-bond donors (Lipinski definition) is 0. The van der Waals surface area contributed by atoms with E-state index < -0.39 is 18.0 Å². The average molecular weight is 454 g/mol. The van der Waals surface area contributed by atoms with E-state index in [0.29, 0.717) is 17.1 Å². The highest BCUT2D eigenvalue weighted by Crippen LogP contribution is 2.34. The lowest BCUT2D eigenvalue weighted by Gasteiger charge is -2.22. The summed E-state index contributed by atoms with van der Waals surface area (Å²) >= 11 is 0. The lowest BCUT2D eigenvalue weighted by atomic mass is 9.88. The van der Waals surface area contributed by atoms with Crippen molar-refractivity contribution >= 4 is 16.9 Å². The van der Waals surface area contributed by atoms with Gasteiger partial charge in [0.25, 0.3) is 0 Å². The number of esters is 1. The zero-order valence-electron chi connectivity index (χ0n) is 19.7. The Bertz CT molecular complexity index is 1350. The van der Waals surface area contributed by atoms with Crippen molar-refractivity contribution in [1.82, 2.24) is 0 Å². The summed E-state index contributed by atoms with van der Waals surface area (Å²) in [5, 5.41) is 10.8. The number of carbonyl (C=O) groups excluding carboxylic acids is 1. The summed E-state index contributed by atoms with van der Waals surface area (Å²) in [4.78, 5) is 13.3. The smallest absolute Gasteiger partial charge is 0.315 e. The maximum absolute atomic E-state index is 13.3. The number of carbonyl (C=O) groups is 1. The van der Waals surface area contributed by atoms with Gasteiger partial charge in [0.2, 0.25) is 6.10 Å². The minimum absolute atomic E-state index is 0.0332. The first kappa shape index (κ1) is 23.1. The van der Waals surface area contributed by atoms with E-state index >= 15 is 0 Å². The van der Waals surface area contributed by atoms with E-state index in [-0.39, 0.29) is 5.92 Å². The maximum atomic E-state index is 13.3. The maximum Gasteiger partial charge on any atom is 0.315 e. The molecule has 0 aliphatic carbocycles. The van der Waals surface area contributed by atoms with Crippen molar-refractivity contribution in [3.8, 4) is 17.6 Å². The second-order valence-corrected chi connectivity index (χ2v) is 8.69. The molecule has 0 spiro atoms. The quantitative estimate of drug-likeness (QED) is 0.273. The van der Waals surface area contributed by atoms with Gasteiger partial charge >= 0.3 is 5.97 Å². The second-order valence-electron chi connectivity index (χ2n) is 8.69. The van der Waals surface area contributed by atoms with Gasteiger partial charge in [0.05, 0.1) is 5.92 Å². The van der Waals surface area contributed by atoms with Gasteiger partial charge in [-0.05, 0) is 61.2 Å². The summed E-state index contributed by atoms with van der Waals surface area (Å²) in [6.07, 6.45) is -1.05. The van der Waals surface area contributed by atoms with Crippen LogP contribution in [0.2, 0.25) is 0 Å². The van der Waals surface area contributed by atoms with E-state index in [4.69, 9.17) is 13.9 Å². The van der Waals surface area contributed by atoms with E-state index in [0.717, 1.165) is 27.9 Å². The van der Waals surface area contributed by atoms with Gasteiger partial charge in [-0.3, -0.25) is 4.79 Å². The first-order chi connectivity index (χ1) is 16.4. The summed E-state index contributed by atoms with van der Waals surface area (Å²) in [5.41, 5.74) is 3.19. The van der Waals surface area contributed by atoms with Gasteiger partial charge in [-0.25, -0.2) is 0 Å². The molecule has 2 atom stereocenters. The summed E-state index contributed by atoms with van der Waals surface area (Å²) in [6.45, 7) is 7.87. The van der Waals surface area contributed by atoms with Crippen LogP contribution in [-0.4, -0.2) is 5.97 Å².